The van der Waals surface area contributed by atoms with Gasteiger partial charge in [0.1, 0.15) is 13.2 Å². The van der Waals surface area contributed by atoms with Gasteiger partial charge in [-0.25, -0.2) is 9.59 Å². The zero-order valence-corrected chi connectivity index (χ0v) is 23.7. The van der Waals surface area contributed by atoms with E-state index in [1.54, 1.807) is 6.92 Å². The molecule has 2 aliphatic heterocycles. The topological polar surface area (TPSA) is 108 Å². The zero-order valence-electron chi connectivity index (χ0n) is 23.7. The maximum absolute atomic E-state index is 12.0. The summed E-state index contributed by atoms with van der Waals surface area (Å²) in [6, 6.07) is 7.80. The van der Waals surface area contributed by atoms with Crippen molar-refractivity contribution in [2.75, 3.05) is 39.3 Å². The van der Waals surface area contributed by atoms with E-state index in [0.29, 0.717) is 37.2 Å². The number of aliphatic hydroxyl groups excluding tert-OH is 2. The van der Waals surface area contributed by atoms with Gasteiger partial charge in [0, 0.05) is 43.9 Å². The van der Waals surface area contributed by atoms with Gasteiger partial charge in [0.15, 0.2) is 0 Å². The summed E-state index contributed by atoms with van der Waals surface area (Å²) in [7, 11) is 0. The number of likely N-dealkylation sites (N-methyl/N-ethyl adjacent to an activating group) is 1. The molecule has 2 saturated carbocycles. The minimum Gasteiger partial charge on any atom is -0.457 e. The highest BCUT2D eigenvalue weighted by Gasteiger charge is 2.36. The smallest absolute Gasteiger partial charge is 0.338 e. The molecule has 2 aliphatic carbocycles. The molecule has 6 rings (SSSR count). The number of benzene rings is 2. The van der Waals surface area contributed by atoms with Crippen molar-refractivity contribution in [1.29, 1.82) is 0 Å². The first kappa shape index (κ1) is 28.7. The van der Waals surface area contributed by atoms with Crippen molar-refractivity contribution in [3.8, 4) is 0 Å². The van der Waals surface area contributed by atoms with E-state index in [-0.39, 0.29) is 18.5 Å². The first-order chi connectivity index (χ1) is 19.5. The Labute approximate surface area is 236 Å². The number of hydrogen-bond acceptors (Lipinski definition) is 8. The Morgan fingerprint density at radius 1 is 0.900 bits per heavy atom. The predicted molar refractivity (Wildman–Crippen MR) is 151 cm³/mol. The van der Waals surface area contributed by atoms with Crippen LogP contribution in [0.5, 0.6) is 0 Å². The molecule has 0 bridgehead atoms. The first-order valence-corrected chi connectivity index (χ1v) is 14.8. The number of hydrogen-bond donors (Lipinski definition) is 3. The van der Waals surface area contributed by atoms with Gasteiger partial charge in [-0.1, -0.05) is 19.1 Å². The average Bonchev–Trinajstić information content (AvgIpc) is 3.89. The van der Waals surface area contributed by atoms with Crippen LogP contribution in [0.15, 0.2) is 24.3 Å². The van der Waals surface area contributed by atoms with Crippen molar-refractivity contribution in [2.45, 2.75) is 77.1 Å². The summed E-state index contributed by atoms with van der Waals surface area (Å²) in [6.07, 6.45) is 4.99. The third-order valence-corrected chi connectivity index (χ3v) is 8.39. The van der Waals surface area contributed by atoms with Crippen LogP contribution in [0, 0.1) is 0 Å². The van der Waals surface area contributed by atoms with E-state index in [1.165, 1.54) is 24.0 Å². The predicted octanol–water partition coefficient (Wildman–Crippen LogP) is 3.97. The van der Waals surface area contributed by atoms with E-state index in [4.69, 9.17) is 14.6 Å². The molecule has 1 atom stereocenters. The molecular formula is C32H42N2O6. The zero-order chi connectivity index (χ0) is 28.2. The number of aliphatic hydroxyl groups is 2. The van der Waals surface area contributed by atoms with Crippen molar-refractivity contribution < 1.29 is 29.3 Å². The summed E-state index contributed by atoms with van der Waals surface area (Å²) >= 11 is 0. The summed E-state index contributed by atoms with van der Waals surface area (Å²) in [5.41, 5.74) is 8.32. The second-order valence-corrected chi connectivity index (χ2v) is 11.2. The van der Waals surface area contributed by atoms with Crippen LogP contribution in [0.25, 0.3) is 0 Å². The molecule has 8 heteroatoms. The van der Waals surface area contributed by atoms with Gasteiger partial charge in [-0.3, -0.25) is 0 Å². The first-order valence-electron chi connectivity index (χ1n) is 14.8. The molecule has 40 heavy (non-hydrogen) atoms. The average molecular weight is 551 g/mol. The van der Waals surface area contributed by atoms with Gasteiger partial charge in [0.2, 0.25) is 0 Å². The highest BCUT2D eigenvalue weighted by molar-refractivity contribution is 5.94. The van der Waals surface area contributed by atoms with E-state index in [9.17, 15) is 14.7 Å². The molecule has 4 aliphatic rings. The van der Waals surface area contributed by atoms with Crippen LogP contribution in [0.2, 0.25) is 0 Å². The number of nitrogens with zero attached hydrogens (tertiary/aromatic N) is 1. The van der Waals surface area contributed by atoms with Gasteiger partial charge < -0.3 is 29.9 Å². The fourth-order valence-electron chi connectivity index (χ4n) is 6.06. The number of nitrogens with one attached hydrogen (secondary N) is 1. The van der Waals surface area contributed by atoms with Crippen LogP contribution in [-0.4, -0.2) is 66.4 Å². The highest BCUT2D eigenvalue weighted by atomic mass is 16.5. The summed E-state index contributed by atoms with van der Waals surface area (Å²) in [4.78, 5) is 26.4. The van der Waals surface area contributed by atoms with Crippen molar-refractivity contribution in [3.63, 3.8) is 0 Å². The molecule has 1 unspecified atom stereocenters. The van der Waals surface area contributed by atoms with E-state index < -0.39 is 6.10 Å². The molecule has 0 amide bonds. The molecule has 2 heterocycles. The Hall–Kier alpha value is -2.78. The highest BCUT2D eigenvalue weighted by Crippen LogP contribution is 2.47. The number of carbonyl (C=O) groups excluding carboxylic acids is 2. The van der Waals surface area contributed by atoms with E-state index >= 15 is 0 Å². The van der Waals surface area contributed by atoms with Gasteiger partial charge >= 0.3 is 11.9 Å². The van der Waals surface area contributed by atoms with Gasteiger partial charge in [0.25, 0.3) is 0 Å². The van der Waals surface area contributed by atoms with Crippen molar-refractivity contribution >= 4 is 11.9 Å². The summed E-state index contributed by atoms with van der Waals surface area (Å²) < 4.78 is 10.6. The molecule has 2 fully saturated rings. The largest absolute Gasteiger partial charge is 0.457 e. The van der Waals surface area contributed by atoms with Crippen molar-refractivity contribution in [3.05, 3.63) is 68.8 Å². The minimum atomic E-state index is -0.607. The van der Waals surface area contributed by atoms with Crippen LogP contribution in [0.3, 0.4) is 0 Å². The third-order valence-electron chi connectivity index (χ3n) is 8.39. The number of cyclic esters (lactones) is 2. The minimum absolute atomic E-state index is 0.183. The Bertz CT molecular complexity index is 1240. The summed E-state index contributed by atoms with van der Waals surface area (Å²) in [5.74, 6) is 0.593. The van der Waals surface area contributed by atoms with Gasteiger partial charge in [0.05, 0.1) is 17.2 Å². The molecule has 0 radical (unpaired) electrons. The second kappa shape index (κ2) is 12.8. The van der Waals surface area contributed by atoms with E-state index in [1.807, 2.05) is 18.2 Å². The lowest BCUT2D eigenvalue weighted by Crippen LogP contribution is -2.35. The third kappa shape index (κ3) is 6.25. The van der Waals surface area contributed by atoms with Gasteiger partial charge in [-0.05, 0) is 91.8 Å². The van der Waals surface area contributed by atoms with Crippen LogP contribution >= 0.6 is 0 Å². The number of carbonyl (C=O) groups is 2. The molecule has 2 aromatic carbocycles. The van der Waals surface area contributed by atoms with Crippen LogP contribution < -0.4 is 5.32 Å². The molecule has 8 nitrogen and oxygen atoms in total. The van der Waals surface area contributed by atoms with E-state index in [2.05, 4.69) is 23.2 Å². The Morgan fingerprint density at radius 2 is 1.48 bits per heavy atom. The number of esters is 2. The fourth-order valence-corrected chi connectivity index (χ4v) is 6.06. The lowest BCUT2D eigenvalue weighted by Gasteiger charge is -2.23. The molecule has 3 N–H and O–H groups in total. The summed E-state index contributed by atoms with van der Waals surface area (Å²) in [6.45, 7) is 8.95. The van der Waals surface area contributed by atoms with Crippen molar-refractivity contribution in [1.82, 2.24) is 10.2 Å². The van der Waals surface area contributed by atoms with Crippen LogP contribution in [-0.2, 0) is 29.1 Å². The van der Waals surface area contributed by atoms with Crippen molar-refractivity contribution in [2.24, 2.45) is 0 Å². The molecule has 2 aromatic rings. The maximum atomic E-state index is 12.0. The standard InChI is InChI=1S/C30H36N2O5.C2H6O/c1-2-32(13-11-20-7-8-21-24(16-36-29(21)34)27(20)18-3-4-18)14-12-31-15-26(33)23-10-9-22-25(17-37-30(22)35)28(23)19-5-6-19;1-2-3/h7-10,18-19,26,31,33H,2-6,11-17H2,1H3;3H,2H2,1H3. The number of ether oxygens (including phenoxy) is 2. The fraction of sp³-hybridized carbons (Fsp3) is 0.562. The molecule has 216 valence electrons. The summed E-state index contributed by atoms with van der Waals surface area (Å²) in [5, 5.41) is 22.0. The van der Waals surface area contributed by atoms with Crippen LogP contribution in [0.4, 0.5) is 0 Å². The normalized spacial score (nSPS) is 18.1. The van der Waals surface area contributed by atoms with E-state index in [0.717, 1.165) is 73.3 Å². The molecule has 0 saturated heterocycles. The lowest BCUT2D eigenvalue weighted by atomic mass is 9.91. The van der Waals surface area contributed by atoms with Gasteiger partial charge in [-0.2, -0.15) is 0 Å². The number of fused-ring (bicyclic) bond motifs is 2. The Balaban J connectivity index is 0.00000103. The molecular weight excluding hydrogens is 508 g/mol. The quantitative estimate of drug-likeness (QED) is 0.269. The SMILES string of the molecule is CCN(CCNCC(O)c1ccc2c(c1C1CC1)COC2=O)CCc1ccc2c(c1C1CC1)COC2=O.CCO. The van der Waals surface area contributed by atoms with Gasteiger partial charge in [-0.15, -0.1) is 0 Å². The maximum Gasteiger partial charge on any atom is 0.338 e. The Morgan fingerprint density at radius 3 is 2.08 bits per heavy atom. The van der Waals surface area contributed by atoms with Crippen LogP contribution in [0.1, 0.15) is 112 Å². The Kier molecular flexibility index (Phi) is 9.20. The molecule has 0 spiro atoms. The monoisotopic (exact) mass is 550 g/mol. The second-order valence-electron chi connectivity index (χ2n) is 11.2. The molecule has 0 aromatic heterocycles. The number of rotatable bonds is 12. The lowest BCUT2D eigenvalue weighted by molar-refractivity contribution is 0.0525.